The lowest BCUT2D eigenvalue weighted by molar-refractivity contribution is 0.181. The number of nitrogens with one attached hydrogen (secondary N) is 1. The van der Waals surface area contributed by atoms with Gasteiger partial charge in [-0.1, -0.05) is 0 Å². The zero-order valence-electron chi connectivity index (χ0n) is 14.7. The monoisotopic (exact) mass is 373 g/mol. The highest BCUT2D eigenvalue weighted by molar-refractivity contribution is 5.77. The first-order valence-electron chi connectivity index (χ1n) is 8.69. The third-order valence-corrected chi connectivity index (χ3v) is 4.09. The molecule has 142 valence electrons. The molecule has 4 rings (SSSR count). The number of carbonyl (C=O) groups is 1. The minimum atomic E-state index is -1.11. The zero-order valence-corrected chi connectivity index (χ0v) is 14.7. The van der Waals surface area contributed by atoms with Crippen molar-refractivity contribution in [3.63, 3.8) is 0 Å². The number of benzene rings is 1. The third-order valence-electron chi connectivity index (χ3n) is 4.09. The molecule has 2 aromatic heterocycles. The number of fused-ring (bicyclic) bond motifs is 1. The SMILES string of the molecule is C[C@@H](COc1cc(-c2nc3cc(OCC4CC4)ccc3o2)on1)NC(=O)O. The minimum absolute atomic E-state index is 0.119. The van der Waals surface area contributed by atoms with Gasteiger partial charge >= 0.3 is 6.09 Å². The lowest BCUT2D eigenvalue weighted by Crippen LogP contribution is -2.35. The summed E-state index contributed by atoms with van der Waals surface area (Å²) in [6.45, 7) is 2.53. The van der Waals surface area contributed by atoms with E-state index in [0.29, 0.717) is 22.8 Å². The van der Waals surface area contributed by atoms with E-state index in [1.165, 1.54) is 12.8 Å². The van der Waals surface area contributed by atoms with Crippen molar-refractivity contribution in [2.75, 3.05) is 13.2 Å². The van der Waals surface area contributed by atoms with E-state index in [1.54, 1.807) is 19.1 Å². The maximum Gasteiger partial charge on any atom is 0.404 e. The molecule has 1 amide bonds. The van der Waals surface area contributed by atoms with E-state index in [-0.39, 0.29) is 24.4 Å². The molecule has 1 atom stereocenters. The van der Waals surface area contributed by atoms with E-state index in [4.69, 9.17) is 23.5 Å². The largest absolute Gasteiger partial charge is 0.493 e. The summed E-state index contributed by atoms with van der Waals surface area (Å²) in [5.41, 5.74) is 1.28. The Bertz CT molecular complexity index is 946. The molecule has 1 aliphatic carbocycles. The molecular formula is C18H19N3O6. The second-order valence-corrected chi connectivity index (χ2v) is 6.59. The van der Waals surface area contributed by atoms with Crippen LogP contribution in [0.15, 0.2) is 33.2 Å². The van der Waals surface area contributed by atoms with Crippen LogP contribution in [0.4, 0.5) is 4.79 Å². The van der Waals surface area contributed by atoms with Crippen molar-refractivity contribution in [1.82, 2.24) is 15.5 Å². The molecule has 9 nitrogen and oxygen atoms in total. The molecule has 1 aliphatic rings. The molecule has 2 heterocycles. The van der Waals surface area contributed by atoms with Gasteiger partial charge in [0.05, 0.1) is 18.7 Å². The fraction of sp³-hybridized carbons (Fsp3) is 0.389. The average molecular weight is 373 g/mol. The Hall–Kier alpha value is -3.23. The van der Waals surface area contributed by atoms with E-state index in [9.17, 15) is 4.79 Å². The van der Waals surface area contributed by atoms with Gasteiger partial charge in [-0.25, -0.2) is 9.78 Å². The van der Waals surface area contributed by atoms with Gasteiger partial charge in [0.15, 0.2) is 5.58 Å². The first kappa shape index (κ1) is 17.2. The Morgan fingerprint density at radius 1 is 1.37 bits per heavy atom. The second kappa shape index (κ2) is 7.18. The van der Waals surface area contributed by atoms with Crippen molar-refractivity contribution in [2.45, 2.75) is 25.8 Å². The van der Waals surface area contributed by atoms with Crippen LogP contribution >= 0.6 is 0 Å². The molecule has 1 aromatic carbocycles. The summed E-state index contributed by atoms with van der Waals surface area (Å²) >= 11 is 0. The van der Waals surface area contributed by atoms with Gasteiger partial charge in [-0.05, 0) is 43.0 Å². The van der Waals surface area contributed by atoms with Crippen molar-refractivity contribution in [1.29, 1.82) is 0 Å². The average Bonchev–Trinajstić information content (AvgIpc) is 3.17. The number of nitrogens with zero attached hydrogens (tertiary/aromatic N) is 2. The third kappa shape index (κ3) is 4.30. The summed E-state index contributed by atoms with van der Waals surface area (Å²) in [6.07, 6.45) is 1.35. The molecule has 0 aliphatic heterocycles. The second-order valence-electron chi connectivity index (χ2n) is 6.59. The molecule has 3 aromatic rings. The lowest BCUT2D eigenvalue weighted by atomic mass is 10.3. The van der Waals surface area contributed by atoms with Gasteiger partial charge in [-0.3, -0.25) is 0 Å². The highest BCUT2D eigenvalue weighted by atomic mass is 16.5. The van der Waals surface area contributed by atoms with Gasteiger partial charge in [0.25, 0.3) is 11.8 Å². The van der Waals surface area contributed by atoms with E-state index >= 15 is 0 Å². The molecule has 1 saturated carbocycles. The number of ether oxygens (including phenoxy) is 2. The number of oxazole rings is 1. The summed E-state index contributed by atoms with van der Waals surface area (Å²) in [6, 6.07) is 6.65. The quantitative estimate of drug-likeness (QED) is 0.617. The van der Waals surface area contributed by atoms with Crippen LogP contribution in [-0.2, 0) is 0 Å². The van der Waals surface area contributed by atoms with Gasteiger partial charge in [0.2, 0.25) is 5.76 Å². The maximum atomic E-state index is 10.6. The standard InChI is InChI=1S/C18H19N3O6/c1-10(19-18(22)23)8-25-16-7-15(27-21-16)17-20-13-6-12(4-5-14(13)26-17)24-9-11-2-3-11/h4-7,10-11,19H,2-3,8-9H2,1H3,(H,22,23)/t10-/m0/s1. The van der Waals surface area contributed by atoms with Gasteiger partial charge in [-0.15, -0.1) is 0 Å². The number of rotatable bonds is 8. The molecule has 0 unspecified atom stereocenters. The number of hydrogen-bond donors (Lipinski definition) is 2. The van der Waals surface area contributed by atoms with Gasteiger partial charge in [-0.2, -0.15) is 0 Å². The predicted octanol–water partition coefficient (Wildman–Crippen LogP) is 3.31. The fourth-order valence-corrected chi connectivity index (χ4v) is 2.49. The van der Waals surface area contributed by atoms with Crippen LogP contribution in [0.1, 0.15) is 19.8 Å². The van der Waals surface area contributed by atoms with Crippen molar-refractivity contribution in [2.24, 2.45) is 5.92 Å². The van der Waals surface area contributed by atoms with E-state index in [1.807, 2.05) is 12.1 Å². The number of aromatic nitrogens is 2. The summed E-state index contributed by atoms with van der Waals surface area (Å²) < 4.78 is 22.1. The van der Waals surface area contributed by atoms with Crippen LogP contribution < -0.4 is 14.8 Å². The smallest absolute Gasteiger partial charge is 0.404 e. The predicted molar refractivity (Wildman–Crippen MR) is 93.8 cm³/mol. The summed E-state index contributed by atoms with van der Waals surface area (Å²) in [5, 5.41) is 14.7. The Labute approximate surface area is 154 Å². The normalized spacial score (nSPS) is 14.9. The van der Waals surface area contributed by atoms with E-state index in [0.717, 1.165) is 12.4 Å². The van der Waals surface area contributed by atoms with E-state index < -0.39 is 6.09 Å². The Kier molecular flexibility index (Phi) is 4.57. The molecule has 27 heavy (non-hydrogen) atoms. The van der Waals surface area contributed by atoms with Gasteiger partial charge < -0.3 is 28.8 Å². The Morgan fingerprint density at radius 3 is 3.00 bits per heavy atom. The number of carboxylic acid groups (broad SMARTS) is 1. The topological polar surface area (TPSA) is 120 Å². The number of amides is 1. The van der Waals surface area contributed by atoms with Crippen LogP contribution in [0.3, 0.4) is 0 Å². The Balaban J connectivity index is 1.42. The molecule has 1 fully saturated rings. The summed E-state index contributed by atoms with van der Waals surface area (Å²) in [5.74, 6) is 2.26. The lowest BCUT2D eigenvalue weighted by Gasteiger charge is -2.10. The molecule has 0 saturated heterocycles. The maximum absolute atomic E-state index is 10.6. The summed E-state index contributed by atoms with van der Waals surface area (Å²) in [7, 11) is 0. The molecule has 0 spiro atoms. The molecular weight excluding hydrogens is 354 g/mol. The van der Waals surface area contributed by atoms with Crippen LogP contribution in [-0.4, -0.2) is 40.6 Å². The summed E-state index contributed by atoms with van der Waals surface area (Å²) in [4.78, 5) is 15.0. The first-order chi connectivity index (χ1) is 13.1. The van der Waals surface area contributed by atoms with Crippen LogP contribution in [0.5, 0.6) is 11.6 Å². The minimum Gasteiger partial charge on any atom is -0.493 e. The first-order valence-corrected chi connectivity index (χ1v) is 8.69. The molecule has 0 radical (unpaired) electrons. The van der Waals surface area contributed by atoms with Gasteiger partial charge in [0, 0.05) is 6.07 Å². The fourth-order valence-electron chi connectivity index (χ4n) is 2.49. The highest BCUT2D eigenvalue weighted by Gasteiger charge is 2.22. The van der Waals surface area contributed by atoms with Crippen molar-refractivity contribution < 1.29 is 28.3 Å². The van der Waals surface area contributed by atoms with Crippen LogP contribution in [0.2, 0.25) is 0 Å². The van der Waals surface area contributed by atoms with Crippen molar-refractivity contribution in [3.8, 4) is 23.3 Å². The van der Waals surface area contributed by atoms with E-state index in [2.05, 4.69) is 15.5 Å². The van der Waals surface area contributed by atoms with Crippen molar-refractivity contribution in [3.05, 3.63) is 24.3 Å². The van der Waals surface area contributed by atoms with Crippen LogP contribution in [0.25, 0.3) is 22.8 Å². The molecule has 9 heteroatoms. The molecule has 2 N–H and O–H groups in total. The molecule has 0 bridgehead atoms. The van der Waals surface area contributed by atoms with Gasteiger partial charge in [0.1, 0.15) is 17.9 Å². The number of hydrogen-bond acceptors (Lipinski definition) is 7. The van der Waals surface area contributed by atoms with Crippen LogP contribution in [0, 0.1) is 5.92 Å². The highest BCUT2D eigenvalue weighted by Crippen LogP contribution is 2.31. The zero-order chi connectivity index (χ0) is 18.8. The van der Waals surface area contributed by atoms with Crippen molar-refractivity contribution >= 4 is 17.2 Å². The Morgan fingerprint density at radius 2 is 2.22 bits per heavy atom.